The summed E-state index contributed by atoms with van der Waals surface area (Å²) in [5.74, 6) is -0.209. The minimum atomic E-state index is -0.334. The quantitative estimate of drug-likeness (QED) is 0.385. The number of nitrogens with one attached hydrogen (secondary N) is 1. The van der Waals surface area contributed by atoms with E-state index >= 15 is 0 Å². The van der Waals surface area contributed by atoms with Crippen LogP contribution in [0.2, 0.25) is 0 Å². The van der Waals surface area contributed by atoms with Gasteiger partial charge in [0, 0.05) is 25.0 Å². The highest BCUT2D eigenvalue weighted by molar-refractivity contribution is 5.77. The average molecular weight is 519 g/mol. The second-order valence-corrected chi connectivity index (χ2v) is 9.54. The van der Waals surface area contributed by atoms with E-state index in [1.807, 2.05) is 6.92 Å². The van der Waals surface area contributed by atoms with Gasteiger partial charge in [-0.15, -0.1) is 0 Å². The molecule has 0 spiro atoms. The zero-order valence-corrected chi connectivity index (χ0v) is 21.6. The highest BCUT2D eigenvalue weighted by Gasteiger charge is 2.19. The van der Waals surface area contributed by atoms with Crippen molar-refractivity contribution in [2.45, 2.75) is 33.1 Å². The van der Waals surface area contributed by atoms with Crippen LogP contribution in [0.3, 0.4) is 0 Å². The minimum absolute atomic E-state index is 0.169. The molecule has 10 heteroatoms. The maximum absolute atomic E-state index is 13.5. The summed E-state index contributed by atoms with van der Waals surface area (Å²) in [6, 6.07) is 11.2. The van der Waals surface area contributed by atoms with Crippen LogP contribution in [0.5, 0.6) is 5.75 Å². The lowest BCUT2D eigenvalue weighted by atomic mass is 10.1. The third-order valence-corrected chi connectivity index (χ3v) is 6.77. The molecule has 0 bridgehead atoms. The van der Waals surface area contributed by atoms with Crippen molar-refractivity contribution in [3.05, 3.63) is 76.2 Å². The number of carbonyl (C=O) groups is 1. The number of aromatic nitrogens is 4. The largest absolute Gasteiger partial charge is 0.480 e. The molecule has 1 aliphatic rings. The maximum atomic E-state index is 13.5. The molecule has 1 aromatic carbocycles. The van der Waals surface area contributed by atoms with Crippen LogP contribution in [0, 0.1) is 19.7 Å². The van der Waals surface area contributed by atoms with Gasteiger partial charge in [0.15, 0.2) is 18.0 Å². The van der Waals surface area contributed by atoms with E-state index in [1.54, 1.807) is 48.1 Å². The summed E-state index contributed by atoms with van der Waals surface area (Å²) in [4.78, 5) is 32.9. The van der Waals surface area contributed by atoms with Crippen LogP contribution in [0.25, 0.3) is 22.6 Å². The Morgan fingerprint density at radius 2 is 1.87 bits per heavy atom. The molecule has 5 rings (SSSR count). The van der Waals surface area contributed by atoms with Crippen molar-refractivity contribution in [1.82, 2.24) is 29.4 Å². The number of rotatable bonds is 8. The topological polar surface area (TPSA) is 93.8 Å². The SMILES string of the molecule is Cc1nc2c(OCC(=O)NCCN3CCCCC3)cccn2c(=O)c1-c1cc(C)n(-c2ccc(F)cc2)n1. The Hall–Kier alpha value is -4.05. The molecular weight excluding hydrogens is 487 g/mol. The van der Waals surface area contributed by atoms with Crippen LogP contribution < -0.4 is 15.6 Å². The van der Waals surface area contributed by atoms with Crippen molar-refractivity contribution in [2.75, 3.05) is 32.8 Å². The molecule has 0 saturated carbocycles. The second kappa shape index (κ2) is 11.1. The fourth-order valence-electron chi connectivity index (χ4n) is 4.82. The molecule has 0 atom stereocenters. The Morgan fingerprint density at radius 3 is 2.63 bits per heavy atom. The average Bonchev–Trinajstić information content (AvgIpc) is 3.29. The standard InChI is InChI=1S/C28H31FN6O3/c1-19-17-23(32-35(19)22-10-8-21(29)9-11-22)26-20(2)31-27-24(7-6-15-34(27)28(26)37)38-18-25(36)30-12-16-33-13-4-3-5-14-33/h6-11,15,17H,3-5,12-14,16,18H2,1-2H3,(H,30,36). The molecule has 38 heavy (non-hydrogen) atoms. The molecule has 1 saturated heterocycles. The minimum Gasteiger partial charge on any atom is -0.480 e. The Morgan fingerprint density at radius 1 is 1.11 bits per heavy atom. The first-order valence-corrected chi connectivity index (χ1v) is 12.9. The Balaban J connectivity index is 1.33. The van der Waals surface area contributed by atoms with Gasteiger partial charge < -0.3 is 15.0 Å². The number of pyridine rings is 1. The summed E-state index contributed by atoms with van der Waals surface area (Å²) in [5, 5.41) is 7.51. The molecule has 1 fully saturated rings. The first-order chi connectivity index (χ1) is 18.4. The van der Waals surface area contributed by atoms with Crippen molar-refractivity contribution in [3.8, 4) is 22.7 Å². The van der Waals surface area contributed by atoms with E-state index in [0.717, 1.165) is 25.3 Å². The first kappa shape index (κ1) is 25.6. The van der Waals surface area contributed by atoms with Crippen LogP contribution in [0.4, 0.5) is 4.39 Å². The predicted octanol–water partition coefficient (Wildman–Crippen LogP) is 3.28. The fourth-order valence-corrected chi connectivity index (χ4v) is 4.82. The van der Waals surface area contributed by atoms with Gasteiger partial charge in [0.1, 0.15) is 11.5 Å². The Kier molecular flexibility index (Phi) is 7.50. The number of nitrogens with zero attached hydrogens (tertiary/aromatic N) is 5. The van der Waals surface area contributed by atoms with Crippen LogP contribution in [0.15, 0.2) is 53.5 Å². The molecule has 1 N–H and O–H groups in total. The van der Waals surface area contributed by atoms with Crippen molar-refractivity contribution in [3.63, 3.8) is 0 Å². The van der Waals surface area contributed by atoms with Gasteiger partial charge in [-0.25, -0.2) is 14.1 Å². The van der Waals surface area contributed by atoms with Gasteiger partial charge >= 0.3 is 0 Å². The molecule has 198 valence electrons. The lowest BCUT2D eigenvalue weighted by Crippen LogP contribution is -2.39. The first-order valence-electron chi connectivity index (χ1n) is 12.9. The van der Waals surface area contributed by atoms with E-state index in [0.29, 0.717) is 40.6 Å². The number of amides is 1. The van der Waals surface area contributed by atoms with E-state index in [9.17, 15) is 14.0 Å². The maximum Gasteiger partial charge on any atom is 0.267 e. The van der Waals surface area contributed by atoms with Gasteiger partial charge in [0.25, 0.3) is 11.5 Å². The summed E-state index contributed by atoms with van der Waals surface area (Å²) >= 11 is 0. The van der Waals surface area contributed by atoms with Gasteiger partial charge in [-0.05, 0) is 82.2 Å². The zero-order valence-electron chi connectivity index (χ0n) is 21.6. The number of hydrogen-bond acceptors (Lipinski definition) is 6. The number of halogens is 1. The number of ether oxygens (including phenoxy) is 1. The molecule has 3 aromatic heterocycles. The summed E-state index contributed by atoms with van der Waals surface area (Å²) in [7, 11) is 0. The normalized spacial score (nSPS) is 14.1. The van der Waals surface area contributed by atoms with Crippen molar-refractivity contribution < 1.29 is 13.9 Å². The van der Waals surface area contributed by atoms with Gasteiger partial charge in [-0.1, -0.05) is 6.42 Å². The fraction of sp³-hybridized carbons (Fsp3) is 0.357. The lowest BCUT2D eigenvalue weighted by Gasteiger charge is -2.26. The summed E-state index contributed by atoms with van der Waals surface area (Å²) in [5.41, 5.74) is 2.82. The van der Waals surface area contributed by atoms with Crippen molar-refractivity contribution in [1.29, 1.82) is 0 Å². The third kappa shape index (κ3) is 5.45. The molecule has 1 amide bonds. The molecule has 4 heterocycles. The third-order valence-electron chi connectivity index (χ3n) is 6.77. The van der Waals surface area contributed by atoms with E-state index < -0.39 is 0 Å². The molecule has 0 aliphatic carbocycles. The van der Waals surface area contributed by atoms with E-state index in [-0.39, 0.29) is 23.9 Å². The highest BCUT2D eigenvalue weighted by atomic mass is 19.1. The van der Waals surface area contributed by atoms with Crippen LogP contribution in [-0.4, -0.2) is 62.8 Å². The van der Waals surface area contributed by atoms with Crippen molar-refractivity contribution in [2.24, 2.45) is 0 Å². The zero-order chi connectivity index (χ0) is 26.6. The lowest BCUT2D eigenvalue weighted by molar-refractivity contribution is -0.123. The molecule has 1 aliphatic heterocycles. The number of piperidine rings is 1. The van der Waals surface area contributed by atoms with Gasteiger partial charge in [-0.3, -0.25) is 14.0 Å². The van der Waals surface area contributed by atoms with E-state index in [1.165, 1.54) is 35.8 Å². The van der Waals surface area contributed by atoms with Crippen LogP contribution >= 0.6 is 0 Å². The number of likely N-dealkylation sites (tertiary alicyclic amines) is 1. The number of hydrogen-bond donors (Lipinski definition) is 1. The predicted molar refractivity (Wildman–Crippen MR) is 142 cm³/mol. The number of carbonyl (C=O) groups excluding carboxylic acids is 1. The summed E-state index contributed by atoms with van der Waals surface area (Å²) in [6.45, 7) is 7.00. The smallest absolute Gasteiger partial charge is 0.267 e. The molecule has 9 nitrogen and oxygen atoms in total. The van der Waals surface area contributed by atoms with Gasteiger partial charge in [0.2, 0.25) is 0 Å². The van der Waals surface area contributed by atoms with Gasteiger partial charge in [-0.2, -0.15) is 5.10 Å². The van der Waals surface area contributed by atoms with Gasteiger partial charge in [0.05, 0.1) is 16.9 Å². The molecular formula is C28H31FN6O3. The highest BCUT2D eigenvalue weighted by Crippen LogP contribution is 2.24. The number of benzene rings is 1. The number of aryl methyl sites for hydroxylation is 2. The van der Waals surface area contributed by atoms with Crippen molar-refractivity contribution >= 4 is 11.6 Å². The van der Waals surface area contributed by atoms with E-state index in [4.69, 9.17) is 4.74 Å². The Labute approximate surface area is 219 Å². The molecule has 0 unspecified atom stereocenters. The molecule has 4 aromatic rings. The summed E-state index contributed by atoms with van der Waals surface area (Å²) < 4.78 is 22.2. The second-order valence-electron chi connectivity index (χ2n) is 9.54. The summed E-state index contributed by atoms with van der Waals surface area (Å²) in [6.07, 6.45) is 5.31. The Bertz CT molecular complexity index is 1510. The van der Waals surface area contributed by atoms with Crippen LogP contribution in [0.1, 0.15) is 30.7 Å². The number of fused-ring (bicyclic) bond motifs is 1. The monoisotopic (exact) mass is 518 g/mol. The molecule has 0 radical (unpaired) electrons. The van der Waals surface area contributed by atoms with Crippen LogP contribution in [-0.2, 0) is 4.79 Å². The van der Waals surface area contributed by atoms with E-state index in [2.05, 4.69) is 20.3 Å².